The predicted octanol–water partition coefficient (Wildman–Crippen LogP) is 3.79. The number of carbonyl (C=O) groups is 2. The number of rotatable bonds is 6. The van der Waals surface area contributed by atoms with Crippen molar-refractivity contribution in [2.24, 2.45) is 17.6 Å². The molecule has 8 nitrogen and oxygen atoms in total. The van der Waals surface area contributed by atoms with Crippen LogP contribution in [-0.2, 0) is 4.79 Å². The summed E-state index contributed by atoms with van der Waals surface area (Å²) in [6.07, 6.45) is 0.211. The number of hydrogen-bond donors (Lipinski definition) is 1. The number of amides is 2. The predicted molar refractivity (Wildman–Crippen MR) is 130 cm³/mol. The zero-order valence-electron chi connectivity index (χ0n) is 19.6. The first-order valence-corrected chi connectivity index (χ1v) is 11.8. The number of carbonyl (C=O) groups excluding carboxylic acids is 2. The fraction of sp³-hybridized carbons (Fsp3) is 0.440. The van der Waals surface area contributed by atoms with E-state index in [-0.39, 0.29) is 30.0 Å². The van der Waals surface area contributed by atoms with Crippen LogP contribution in [0.25, 0.3) is 0 Å². The summed E-state index contributed by atoms with van der Waals surface area (Å²) in [5.41, 5.74) is 9.30. The van der Waals surface area contributed by atoms with Crippen molar-refractivity contribution < 1.29 is 14.5 Å². The molecular formula is C25H29ClN4O4. The molecule has 0 bridgehead atoms. The molecule has 9 heteroatoms. The molecule has 0 aliphatic carbocycles. The van der Waals surface area contributed by atoms with E-state index >= 15 is 0 Å². The number of fused-ring (bicyclic) bond motifs is 1. The Bertz CT molecular complexity index is 1130. The highest BCUT2D eigenvalue weighted by atomic mass is 35.5. The molecule has 2 aliphatic heterocycles. The van der Waals surface area contributed by atoms with E-state index in [4.69, 9.17) is 17.3 Å². The Morgan fingerprint density at radius 1 is 1.06 bits per heavy atom. The first kappa shape index (κ1) is 24.2. The molecule has 2 aromatic rings. The number of nitro groups is 1. The first-order valence-electron chi connectivity index (χ1n) is 11.4. The van der Waals surface area contributed by atoms with E-state index < -0.39 is 4.92 Å². The van der Waals surface area contributed by atoms with Crippen molar-refractivity contribution in [1.29, 1.82) is 0 Å². The van der Waals surface area contributed by atoms with Crippen LogP contribution in [0, 0.1) is 42.7 Å². The van der Waals surface area contributed by atoms with Crippen LogP contribution in [0.3, 0.4) is 0 Å². The average Bonchev–Trinajstić information content (AvgIpc) is 3.32. The Balaban J connectivity index is 1.49. The third-order valence-electron chi connectivity index (χ3n) is 7.16. The van der Waals surface area contributed by atoms with Crippen molar-refractivity contribution in [3.63, 3.8) is 0 Å². The van der Waals surface area contributed by atoms with Gasteiger partial charge in [-0.3, -0.25) is 24.6 Å². The van der Waals surface area contributed by atoms with Crippen molar-refractivity contribution in [1.82, 2.24) is 9.80 Å². The third-order valence-corrected chi connectivity index (χ3v) is 7.57. The van der Waals surface area contributed by atoms with Gasteiger partial charge in [0.1, 0.15) is 0 Å². The molecule has 3 unspecified atom stereocenters. The number of nitro benzene ring substituents is 1. The highest BCUT2D eigenvalue weighted by molar-refractivity contribution is 6.31. The molecule has 2 amide bonds. The summed E-state index contributed by atoms with van der Waals surface area (Å²) in [5.74, 6) is 0.141. The Morgan fingerprint density at radius 2 is 1.65 bits per heavy atom. The summed E-state index contributed by atoms with van der Waals surface area (Å²) >= 11 is 6.35. The number of benzene rings is 2. The van der Waals surface area contributed by atoms with Crippen molar-refractivity contribution in [3.8, 4) is 0 Å². The smallest absolute Gasteiger partial charge is 0.270 e. The molecule has 2 saturated heterocycles. The van der Waals surface area contributed by atoms with Gasteiger partial charge in [-0.1, -0.05) is 23.7 Å². The molecular weight excluding hydrogens is 456 g/mol. The largest absolute Gasteiger partial charge is 0.370 e. The highest BCUT2D eigenvalue weighted by Crippen LogP contribution is 2.38. The van der Waals surface area contributed by atoms with Crippen LogP contribution < -0.4 is 5.73 Å². The molecule has 0 saturated carbocycles. The Hall–Kier alpha value is -2.97. The lowest BCUT2D eigenvalue weighted by atomic mass is 10.00. The van der Waals surface area contributed by atoms with Gasteiger partial charge in [0.2, 0.25) is 5.91 Å². The van der Waals surface area contributed by atoms with E-state index in [1.165, 1.54) is 12.1 Å². The van der Waals surface area contributed by atoms with Crippen LogP contribution >= 0.6 is 11.6 Å². The van der Waals surface area contributed by atoms with Crippen LogP contribution in [0.2, 0.25) is 5.02 Å². The van der Waals surface area contributed by atoms with Gasteiger partial charge in [-0.2, -0.15) is 0 Å². The molecule has 34 heavy (non-hydrogen) atoms. The number of aryl methyl sites for hydroxylation is 3. The lowest BCUT2D eigenvalue weighted by Crippen LogP contribution is -2.36. The second kappa shape index (κ2) is 9.35. The van der Waals surface area contributed by atoms with Crippen molar-refractivity contribution >= 4 is 29.1 Å². The van der Waals surface area contributed by atoms with Crippen LogP contribution in [-0.4, -0.2) is 52.7 Å². The standard InChI is InChI=1S/C25H29ClN4O4/c1-14-4-5-17(8-21(14)26)22(9-23(27)31)28-10-18-12-29(13-19(18)11-28)25(32)24-15(2)6-20(30(33)34)7-16(24)3/h4-8,18-19,22H,9-13H2,1-3H3,(H2,27,31). The summed E-state index contributed by atoms with van der Waals surface area (Å²) in [6.45, 7) is 8.18. The quantitative estimate of drug-likeness (QED) is 0.495. The molecule has 3 atom stereocenters. The SMILES string of the molecule is Cc1ccc(C(CC(N)=O)N2CC3CN(C(=O)c4c(C)cc([N+](=O)[O-])cc4C)CC3C2)cc1Cl. The fourth-order valence-electron chi connectivity index (χ4n) is 5.46. The van der Waals surface area contributed by atoms with Crippen LogP contribution in [0.5, 0.6) is 0 Å². The molecule has 0 aromatic heterocycles. The summed E-state index contributed by atoms with van der Waals surface area (Å²) in [6, 6.07) is 8.63. The van der Waals surface area contributed by atoms with Gasteiger partial charge in [0, 0.05) is 61.4 Å². The van der Waals surface area contributed by atoms with E-state index in [1.807, 2.05) is 30.0 Å². The number of hydrogen-bond acceptors (Lipinski definition) is 5. The van der Waals surface area contributed by atoms with Gasteiger partial charge in [0.25, 0.3) is 11.6 Å². The molecule has 4 rings (SSSR count). The number of primary amides is 1. The first-order chi connectivity index (χ1) is 16.0. The van der Waals surface area contributed by atoms with E-state index in [9.17, 15) is 19.7 Å². The Morgan fingerprint density at radius 3 is 2.15 bits per heavy atom. The van der Waals surface area contributed by atoms with Gasteiger partial charge >= 0.3 is 0 Å². The van der Waals surface area contributed by atoms with Gasteiger partial charge < -0.3 is 10.6 Å². The minimum absolute atomic E-state index is 0.00261. The lowest BCUT2D eigenvalue weighted by Gasteiger charge is -2.30. The van der Waals surface area contributed by atoms with Gasteiger partial charge in [-0.05, 0) is 60.9 Å². The number of non-ortho nitro benzene ring substituents is 1. The number of likely N-dealkylation sites (tertiary alicyclic amines) is 2. The molecule has 2 aromatic carbocycles. The number of nitrogens with two attached hydrogens (primary N) is 1. The number of halogens is 1. The van der Waals surface area contributed by atoms with E-state index in [0.717, 1.165) is 24.2 Å². The molecule has 2 heterocycles. The van der Waals surface area contributed by atoms with Crippen molar-refractivity contribution in [2.45, 2.75) is 33.2 Å². The minimum Gasteiger partial charge on any atom is -0.370 e. The second-order valence-electron chi connectivity index (χ2n) is 9.59. The Kier molecular flexibility index (Phi) is 6.64. The van der Waals surface area contributed by atoms with Crippen molar-refractivity contribution in [2.75, 3.05) is 26.2 Å². The maximum Gasteiger partial charge on any atom is 0.270 e. The monoisotopic (exact) mass is 484 g/mol. The zero-order chi connectivity index (χ0) is 24.7. The minimum atomic E-state index is -0.438. The van der Waals surface area contributed by atoms with E-state index in [1.54, 1.807) is 13.8 Å². The maximum atomic E-state index is 13.3. The lowest BCUT2D eigenvalue weighted by molar-refractivity contribution is -0.385. The molecule has 0 radical (unpaired) electrons. The van der Waals surface area contributed by atoms with Gasteiger partial charge in [-0.25, -0.2) is 0 Å². The third kappa shape index (κ3) is 4.65. The Labute approximate surface area is 203 Å². The topological polar surface area (TPSA) is 110 Å². The molecule has 2 fully saturated rings. The molecule has 2 N–H and O–H groups in total. The van der Waals surface area contributed by atoms with Gasteiger partial charge in [0.05, 0.1) is 4.92 Å². The summed E-state index contributed by atoms with van der Waals surface area (Å²) in [7, 11) is 0. The van der Waals surface area contributed by atoms with E-state index in [2.05, 4.69) is 4.90 Å². The molecule has 0 spiro atoms. The second-order valence-corrected chi connectivity index (χ2v) is 10.00. The fourth-order valence-corrected chi connectivity index (χ4v) is 5.64. The van der Waals surface area contributed by atoms with Gasteiger partial charge in [-0.15, -0.1) is 0 Å². The average molecular weight is 485 g/mol. The summed E-state index contributed by atoms with van der Waals surface area (Å²) in [5, 5.41) is 11.8. The molecule has 2 aliphatic rings. The van der Waals surface area contributed by atoms with Crippen LogP contribution in [0.4, 0.5) is 5.69 Å². The number of nitrogens with zero attached hydrogens (tertiary/aromatic N) is 3. The summed E-state index contributed by atoms with van der Waals surface area (Å²) < 4.78 is 0. The summed E-state index contributed by atoms with van der Waals surface area (Å²) in [4.78, 5) is 40.0. The zero-order valence-corrected chi connectivity index (χ0v) is 20.3. The maximum absolute atomic E-state index is 13.3. The molecule has 180 valence electrons. The highest BCUT2D eigenvalue weighted by Gasteiger charge is 2.44. The van der Waals surface area contributed by atoms with Gasteiger partial charge in [0.15, 0.2) is 0 Å². The van der Waals surface area contributed by atoms with Crippen LogP contribution in [0.1, 0.15) is 45.1 Å². The van der Waals surface area contributed by atoms with Crippen molar-refractivity contribution in [3.05, 3.63) is 73.3 Å². The normalized spacial score (nSPS) is 20.9. The van der Waals surface area contributed by atoms with Crippen LogP contribution in [0.15, 0.2) is 30.3 Å². The van der Waals surface area contributed by atoms with E-state index in [0.29, 0.717) is 46.6 Å².